The number of anilines is 1. The second-order valence-corrected chi connectivity index (χ2v) is 6.72. The Balaban J connectivity index is 1.66. The van der Waals surface area contributed by atoms with Crippen molar-refractivity contribution in [2.24, 2.45) is 16.1 Å². The average Bonchev–Trinajstić information content (AvgIpc) is 2.72. The lowest BCUT2D eigenvalue weighted by atomic mass is 9.94. The summed E-state index contributed by atoms with van der Waals surface area (Å²) in [4.78, 5) is 22.1. The van der Waals surface area contributed by atoms with Crippen molar-refractivity contribution in [3.63, 3.8) is 0 Å². The van der Waals surface area contributed by atoms with Gasteiger partial charge < -0.3 is 9.84 Å². The Morgan fingerprint density at radius 1 is 1.37 bits per heavy atom. The molecule has 1 aliphatic heterocycles. The lowest BCUT2D eigenvalue weighted by Gasteiger charge is -2.19. The first-order valence-electron chi connectivity index (χ1n) is 9.18. The van der Waals surface area contributed by atoms with Crippen LogP contribution in [0, 0.1) is 16.0 Å². The number of methoxy groups -OCH3 is 1. The molecule has 0 radical (unpaired) electrons. The van der Waals surface area contributed by atoms with Gasteiger partial charge in [0.2, 0.25) is 11.7 Å². The molecule has 0 bridgehead atoms. The van der Waals surface area contributed by atoms with Crippen molar-refractivity contribution in [2.75, 3.05) is 12.5 Å². The molecule has 2 aromatic carbocycles. The van der Waals surface area contributed by atoms with E-state index >= 15 is 0 Å². The van der Waals surface area contributed by atoms with Gasteiger partial charge in [0.15, 0.2) is 5.75 Å². The number of nitro groups is 1. The molecule has 1 amide bonds. The maximum absolute atomic E-state index is 11.4. The number of nitrogens with one attached hydrogen (secondary N) is 2. The molecule has 0 saturated heterocycles. The van der Waals surface area contributed by atoms with Crippen LogP contribution in [0.5, 0.6) is 11.5 Å². The number of phenols is 1. The molecular formula is C20H21N5O5. The van der Waals surface area contributed by atoms with E-state index in [0.29, 0.717) is 12.0 Å². The summed E-state index contributed by atoms with van der Waals surface area (Å²) in [6.07, 6.45) is 2.07. The zero-order chi connectivity index (χ0) is 21.7. The van der Waals surface area contributed by atoms with Crippen LogP contribution in [0.3, 0.4) is 0 Å². The van der Waals surface area contributed by atoms with E-state index < -0.39 is 4.92 Å². The van der Waals surface area contributed by atoms with Crippen LogP contribution in [-0.4, -0.2) is 35.0 Å². The molecule has 30 heavy (non-hydrogen) atoms. The zero-order valence-electron chi connectivity index (χ0n) is 16.5. The molecule has 3 N–H and O–H groups in total. The smallest absolute Gasteiger partial charge is 0.318 e. The Morgan fingerprint density at radius 3 is 2.73 bits per heavy atom. The predicted octanol–water partition coefficient (Wildman–Crippen LogP) is 2.81. The Hall–Kier alpha value is -3.95. The van der Waals surface area contributed by atoms with Crippen LogP contribution < -0.4 is 15.6 Å². The van der Waals surface area contributed by atoms with E-state index in [1.54, 1.807) is 0 Å². The van der Waals surface area contributed by atoms with Crippen LogP contribution in [0.1, 0.15) is 24.5 Å². The van der Waals surface area contributed by atoms with Gasteiger partial charge in [-0.1, -0.05) is 19.1 Å². The van der Waals surface area contributed by atoms with Gasteiger partial charge >= 0.3 is 5.69 Å². The molecule has 0 aromatic heterocycles. The summed E-state index contributed by atoms with van der Waals surface area (Å²) in [5.41, 5.74) is 7.88. The number of nitrogens with zero attached hydrogens (tertiary/aromatic N) is 3. The number of hydrogen-bond acceptors (Lipinski definition) is 8. The van der Waals surface area contributed by atoms with E-state index in [1.807, 2.05) is 31.2 Å². The van der Waals surface area contributed by atoms with Crippen molar-refractivity contribution in [3.05, 3.63) is 57.6 Å². The molecule has 0 fully saturated rings. The molecule has 1 unspecified atom stereocenters. The van der Waals surface area contributed by atoms with Gasteiger partial charge in [-0.15, -0.1) is 0 Å². The summed E-state index contributed by atoms with van der Waals surface area (Å²) >= 11 is 0. The standard InChI is InChI=1S/C20H21N5O5/c1-12-11-17(27)23-24-18(12)13-3-6-15(7-4-13)22-21-10-9-14-5-8-16(26)20(30-2)19(14)25(28)29/h3-8,10,12,22,26H,9,11H2,1-2H3,(H,23,27). The van der Waals surface area contributed by atoms with E-state index in [9.17, 15) is 20.0 Å². The van der Waals surface area contributed by atoms with Gasteiger partial charge in [-0.3, -0.25) is 20.3 Å². The molecule has 0 saturated carbocycles. The Morgan fingerprint density at radius 2 is 2.10 bits per heavy atom. The highest BCUT2D eigenvalue weighted by Gasteiger charge is 2.24. The summed E-state index contributed by atoms with van der Waals surface area (Å²) in [6, 6.07) is 10.2. The monoisotopic (exact) mass is 411 g/mol. The molecule has 10 heteroatoms. The SMILES string of the molecule is COc1c(O)ccc(CC=NNc2ccc(C3=NNC(=O)CC3C)cc2)c1[N+](=O)[O-]. The number of phenolic OH excluding ortho intramolecular Hbond substituents is 1. The number of hydrogen-bond donors (Lipinski definition) is 3. The number of ether oxygens (including phenoxy) is 1. The normalized spacial score (nSPS) is 16.1. The lowest BCUT2D eigenvalue weighted by molar-refractivity contribution is -0.386. The minimum Gasteiger partial charge on any atom is -0.504 e. The fourth-order valence-corrected chi connectivity index (χ4v) is 3.15. The third-order valence-corrected chi connectivity index (χ3v) is 4.62. The number of nitro benzene ring substituents is 1. The maximum atomic E-state index is 11.4. The van der Waals surface area contributed by atoms with Crippen LogP contribution >= 0.6 is 0 Å². The van der Waals surface area contributed by atoms with Crippen LogP contribution in [0.25, 0.3) is 0 Å². The van der Waals surface area contributed by atoms with Gasteiger partial charge in [-0.25, -0.2) is 5.43 Å². The van der Waals surface area contributed by atoms with Crippen molar-refractivity contribution in [1.29, 1.82) is 0 Å². The molecule has 156 valence electrons. The third-order valence-electron chi connectivity index (χ3n) is 4.62. The third kappa shape index (κ3) is 4.54. The second-order valence-electron chi connectivity index (χ2n) is 6.72. The average molecular weight is 411 g/mol. The fraction of sp³-hybridized carbons (Fsp3) is 0.250. The van der Waals surface area contributed by atoms with Gasteiger partial charge in [0.05, 0.1) is 23.4 Å². The Kier molecular flexibility index (Phi) is 6.26. The molecule has 1 heterocycles. The molecule has 1 atom stereocenters. The number of benzene rings is 2. The lowest BCUT2D eigenvalue weighted by Crippen LogP contribution is -2.31. The minimum atomic E-state index is -0.592. The van der Waals surface area contributed by atoms with Crippen LogP contribution in [-0.2, 0) is 11.2 Å². The molecule has 3 rings (SSSR count). The summed E-state index contributed by atoms with van der Waals surface area (Å²) in [5, 5.41) is 29.3. The quantitative estimate of drug-likeness (QED) is 0.364. The van der Waals surface area contributed by atoms with E-state index in [2.05, 4.69) is 21.1 Å². The summed E-state index contributed by atoms with van der Waals surface area (Å²) in [6.45, 7) is 1.95. The number of hydrazone groups is 2. The van der Waals surface area contributed by atoms with E-state index in [0.717, 1.165) is 17.0 Å². The molecule has 2 aromatic rings. The fourth-order valence-electron chi connectivity index (χ4n) is 3.15. The first kappa shape index (κ1) is 20.8. The predicted molar refractivity (Wildman–Crippen MR) is 112 cm³/mol. The second kappa shape index (κ2) is 9.03. The highest BCUT2D eigenvalue weighted by molar-refractivity contribution is 6.05. The molecule has 0 spiro atoms. The van der Waals surface area contributed by atoms with E-state index in [-0.39, 0.29) is 35.4 Å². The first-order chi connectivity index (χ1) is 14.4. The Labute approximate surface area is 172 Å². The van der Waals surface area contributed by atoms with Crippen LogP contribution in [0.15, 0.2) is 46.6 Å². The van der Waals surface area contributed by atoms with Gasteiger partial charge in [0.25, 0.3) is 0 Å². The van der Waals surface area contributed by atoms with Gasteiger partial charge in [0, 0.05) is 30.5 Å². The topological polar surface area (TPSA) is 138 Å². The van der Waals surface area contributed by atoms with Crippen molar-refractivity contribution >= 4 is 29.2 Å². The van der Waals surface area contributed by atoms with Crippen LogP contribution in [0.4, 0.5) is 11.4 Å². The highest BCUT2D eigenvalue weighted by atomic mass is 16.6. The minimum absolute atomic E-state index is 0.0358. The van der Waals surface area contributed by atoms with Gasteiger partial charge in [-0.05, 0) is 29.8 Å². The summed E-state index contributed by atoms with van der Waals surface area (Å²) < 4.78 is 4.94. The zero-order valence-corrected chi connectivity index (χ0v) is 16.5. The van der Waals surface area contributed by atoms with Crippen LogP contribution in [0.2, 0.25) is 0 Å². The van der Waals surface area contributed by atoms with E-state index in [1.165, 1.54) is 25.5 Å². The van der Waals surface area contributed by atoms with Crippen molar-refractivity contribution in [3.8, 4) is 11.5 Å². The van der Waals surface area contributed by atoms with Gasteiger partial charge in [0.1, 0.15) is 0 Å². The number of aromatic hydroxyl groups is 1. The largest absolute Gasteiger partial charge is 0.504 e. The van der Waals surface area contributed by atoms with Crippen molar-refractivity contribution in [2.45, 2.75) is 19.8 Å². The molecule has 0 aliphatic carbocycles. The highest BCUT2D eigenvalue weighted by Crippen LogP contribution is 2.38. The van der Waals surface area contributed by atoms with Gasteiger partial charge in [-0.2, -0.15) is 10.2 Å². The Bertz CT molecular complexity index is 1020. The molecule has 10 nitrogen and oxygen atoms in total. The number of carbonyl (C=O) groups excluding carboxylic acids is 1. The summed E-state index contributed by atoms with van der Waals surface area (Å²) in [7, 11) is 1.26. The van der Waals surface area contributed by atoms with E-state index in [4.69, 9.17) is 4.74 Å². The number of carbonyl (C=O) groups is 1. The van der Waals surface area contributed by atoms with Crippen molar-refractivity contribution < 1.29 is 19.6 Å². The number of rotatable bonds is 7. The van der Waals surface area contributed by atoms with Crippen molar-refractivity contribution in [1.82, 2.24) is 5.43 Å². The molecule has 1 aliphatic rings. The summed E-state index contributed by atoms with van der Waals surface area (Å²) in [5.74, 6) is -0.524. The first-order valence-corrected chi connectivity index (χ1v) is 9.18. The molecular weight excluding hydrogens is 390 g/mol. The number of amides is 1. The maximum Gasteiger partial charge on any atom is 0.318 e.